The van der Waals surface area contributed by atoms with E-state index >= 15 is 0 Å². The minimum absolute atomic E-state index is 0.293. The molecule has 6 nitrogen and oxygen atoms in total. The second-order valence-electron chi connectivity index (χ2n) is 11.6. The number of aromatic nitrogens is 5. The van der Waals surface area contributed by atoms with Crippen LogP contribution in [0.2, 0.25) is 25.7 Å². The molecule has 5 rings (SSSR count). The summed E-state index contributed by atoms with van der Waals surface area (Å²) < 4.78 is 10.2. The largest absolute Gasteiger partial charge is 0.360 e. The van der Waals surface area contributed by atoms with E-state index in [-0.39, 0.29) is 0 Å². The summed E-state index contributed by atoms with van der Waals surface area (Å²) in [5.74, 6) is 0.293. The van der Waals surface area contributed by atoms with E-state index < -0.39 is 8.07 Å². The Kier molecular flexibility index (Phi) is 6.88. The minimum Gasteiger partial charge on any atom is -0.360 e. The quantitative estimate of drug-likeness (QED) is 0.200. The predicted molar refractivity (Wildman–Crippen MR) is 149 cm³/mol. The van der Waals surface area contributed by atoms with Crippen molar-refractivity contribution >= 4 is 13.7 Å². The molecule has 0 unspecified atom stereocenters. The van der Waals surface area contributed by atoms with Crippen LogP contribution in [0.5, 0.6) is 0 Å². The minimum atomic E-state index is -1.17. The highest BCUT2D eigenvalue weighted by molar-refractivity contribution is 6.76. The Morgan fingerprint density at radius 3 is 2.69 bits per heavy atom. The number of nitrogens with zero attached hydrogens (tertiary/aromatic N) is 5. The smallest absolute Gasteiger partial charge is 0.158 e. The lowest BCUT2D eigenvalue weighted by molar-refractivity contribution is 0.0799. The van der Waals surface area contributed by atoms with E-state index in [0.717, 1.165) is 60.1 Å². The van der Waals surface area contributed by atoms with Crippen molar-refractivity contribution in [2.24, 2.45) is 0 Å². The van der Waals surface area contributed by atoms with Gasteiger partial charge in [0, 0.05) is 37.6 Å². The van der Waals surface area contributed by atoms with E-state index in [2.05, 4.69) is 92.1 Å². The van der Waals surface area contributed by atoms with Crippen molar-refractivity contribution in [3.63, 3.8) is 0 Å². The van der Waals surface area contributed by atoms with Gasteiger partial charge >= 0.3 is 0 Å². The molecule has 3 heterocycles. The summed E-state index contributed by atoms with van der Waals surface area (Å²) in [7, 11) is -1.17. The predicted octanol–water partition coefficient (Wildman–Crippen LogP) is 6.70. The van der Waals surface area contributed by atoms with Crippen LogP contribution >= 0.6 is 0 Å². The third-order valence-corrected chi connectivity index (χ3v) is 8.77. The van der Waals surface area contributed by atoms with E-state index in [1.54, 1.807) is 6.33 Å². The normalized spacial score (nSPS) is 14.1. The molecule has 0 saturated carbocycles. The fourth-order valence-corrected chi connectivity index (χ4v) is 5.86. The van der Waals surface area contributed by atoms with Crippen LogP contribution in [0.25, 0.3) is 28.2 Å². The Hall–Kier alpha value is -2.77. The topological polar surface area (TPSA) is 57.2 Å². The van der Waals surface area contributed by atoms with Crippen LogP contribution in [0.4, 0.5) is 0 Å². The Morgan fingerprint density at radius 1 is 1.08 bits per heavy atom. The van der Waals surface area contributed by atoms with Gasteiger partial charge in [-0.2, -0.15) is 10.2 Å². The van der Waals surface area contributed by atoms with Gasteiger partial charge in [0.15, 0.2) is 5.65 Å². The maximum absolute atomic E-state index is 6.23. The van der Waals surface area contributed by atoms with Crippen molar-refractivity contribution in [2.75, 3.05) is 6.61 Å². The van der Waals surface area contributed by atoms with Crippen LogP contribution in [0, 0.1) is 13.3 Å². The van der Waals surface area contributed by atoms with Crippen LogP contribution in [0.15, 0.2) is 36.8 Å². The van der Waals surface area contributed by atoms with Gasteiger partial charge in [0.05, 0.1) is 11.4 Å². The van der Waals surface area contributed by atoms with Gasteiger partial charge in [-0.25, -0.2) is 14.2 Å². The highest BCUT2D eigenvalue weighted by atomic mass is 28.3. The standard InChI is InChI=1S/C29H38N5OSi/c1-20(2)26-27(24-12-11-22-9-7-8-10-23(22)16-24)32-34(19-35-13-14-36(4,5)6)28(26)25-15-21(3)29-30-18-31-33(29)17-25/h7,11-12,15-18,20H,8-10,13-14,19H2,1-6H3. The van der Waals surface area contributed by atoms with Crippen molar-refractivity contribution in [1.82, 2.24) is 24.4 Å². The molecule has 0 atom stereocenters. The number of pyridine rings is 1. The SMILES string of the molecule is Cc1cc(-c2c(C(C)C)c(-c3ccc4c(c3)CC[CH]C4)nn2COCC[Si](C)(C)C)cn2ncnc12. The van der Waals surface area contributed by atoms with Gasteiger partial charge < -0.3 is 4.74 Å². The molecule has 7 heteroatoms. The Morgan fingerprint density at radius 2 is 1.92 bits per heavy atom. The number of ether oxygens (including phenoxy) is 1. The molecule has 4 aromatic rings. The lowest BCUT2D eigenvalue weighted by Crippen LogP contribution is -2.22. The first-order valence-corrected chi connectivity index (χ1v) is 16.8. The second kappa shape index (κ2) is 9.94. The van der Waals surface area contributed by atoms with Gasteiger partial charge in [-0.05, 0) is 73.4 Å². The number of rotatable bonds is 8. The van der Waals surface area contributed by atoms with Crippen LogP contribution in [0.3, 0.4) is 0 Å². The Bertz CT molecular complexity index is 1380. The van der Waals surface area contributed by atoms with Gasteiger partial charge in [-0.15, -0.1) is 0 Å². The number of hydrogen-bond acceptors (Lipinski definition) is 4. The van der Waals surface area contributed by atoms with E-state index in [9.17, 15) is 0 Å². The molecule has 0 N–H and O–H groups in total. The molecule has 0 spiro atoms. The molecule has 1 aromatic carbocycles. The van der Waals surface area contributed by atoms with Gasteiger partial charge in [-0.3, -0.25) is 0 Å². The first-order valence-electron chi connectivity index (χ1n) is 13.1. The maximum Gasteiger partial charge on any atom is 0.158 e. The van der Waals surface area contributed by atoms with E-state index in [1.165, 1.54) is 22.3 Å². The third-order valence-electron chi connectivity index (χ3n) is 7.07. The van der Waals surface area contributed by atoms with Crippen molar-refractivity contribution in [3.8, 4) is 22.5 Å². The summed E-state index contributed by atoms with van der Waals surface area (Å²) in [5.41, 5.74) is 10.6. The molecule has 1 aliphatic carbocycles. The Balaban J connectivity index is 1.63. The van der Waals surface area contributed by atoms with Crippen LogP contribution in [-0.2, 0) is 24.3 Å². The summed E-state index contributed by atoms with van der Waals surface area (Å²) in [6.45, 7) is 15.0. The average Bonchev–Trinajstić information content (AvgIpc) is 3.46. The first kappa shape index (κ1) is 24.9. The molecular formula is C29H38N5OSi. The fourth-order valence-electron chi connectivity index (χ4n) is 5.11. The summed E-state index contributed by atoms with van der Waals surface area (Å²) in [4.78, 5) is 4.42. The maximum atomic E-state index is 6.23. The zero-order valence-electron chi connectivity index (χ0n) is 22.5. The number of hydrogen-bond donors (Lipinski definition) is 0. The van der Waals surface area contributed by atoms with Crippen LogP contribution in [0.1, 0.15) is 48.4 Å². The highest BCUT2D eigenvalue weighted by Gasteiger charge is 2.25. The zero-order valence-corrected chi connectivity index (χ0v) is 23.5. The molecule has 0 bridgehead atoms. The van der Waals surface area contributed by atoms with E-state index in [0.29, 0.717) is 12.6 Å². The summed E-state index contributed by atoms with van der Waals surface area (Å²) in [5, 5.41) is 9.64. The summed E-state index contributed by atoms with van der Waals surface area (Å²) in [6, 6.07) is 10.2. The van der Waals surface area contributed by atoms with Gasteiger partial charge in [0.25, 0.3) is 0 Å². The monoisotopic (exact) mass is 500 g/mol. The molecular weight excluding hydrogens is 462 g/mol. The van der Waals surface area contributed by atoms with Gasteiger partial charge in [0.1, 0.15) is 13.1 Å². The molecule has 0 fully saturated rings. The average molecular weight is 501 g/mol. The molecule has 0 amide bonds. The lowest BCUT2D eigenvalue weighted by Gasteiger charge is -2.17. The van der Waals surface area contributed by atoms with Crippen molar-refractivity contribution in [3.05, 3.63) is 65.5 Å². The molecule has 1 aliphatic rings. The first-order chi connectivity index (χ1) is 17.2. The third kappa shape index (κ3) is 5.04. The van der Waals surface area contributed by atoms with Crippen molar-refractivity contribution < 1.29 is 4.74 Å². The molecule has 0 aliphatic heterocycles. The van der Waals surface area contributed by atoms with E-state index in [1.807, 2.05) is 4.52 Å². The fraction of sp³-hybridized carbons (Fsp3) is 0.448. The van der Waals surface area contributed by atoms with Crippen molar-refractivity contribution in [1.29, 1.82) is 0 Å². The van der Waals surface area contributed by atoms with Crippen molar-refractivity contribution in [2.45, 2.75) is 78.4 Å². The lowest BCUT2D eigenvalue weighted by atomic mass is 9.88. The molecule has 3 aromatic heterocycles. The number of aryl methyl sites for hydroxylation is 2. The van der Waals surface area contributed by atoms with Gasteiger partial charge in [-0.1, -0.05) is 45.6 Å². The summed E-state index contributed by atoms with van der Waals surface area (Å²) >= 11 is 0. The zero-order chi connectivity index (χ0) is 25.4. The van der Waals surface area contributed by atoms with Crippen LogP contribution in [-0.4, -0.2) is 39.1 Å². The highest BCUT2D eigenvalue weighted by Crippen LogP contribution is 2.39. The summed E-state index contributed by atoms with van der Waals surface area (Å²) in [6.07, 6.45) is 9.39. The second-order valence-corrected chi connectivity index (χ2v) is 17.2. The number of benzene rings is 1. The Labute approximate surface area is 215 Å². The molecule has 0 saturated heterocycles. The van der Waals surface area contributed by atoms with Crippen LogP contribution < -0.4 is 0 Å². The van der Waals surface area contributed by atoms with Gasteiger partial charge in [0.2, 0.25) is 0 Å². The molecule has 189 valence electrons. The van der Waals surface area contributed by atoms with E-state index in [4.69, 9.17) is 9.84 Å². The molecule has 36 heavy (non-hydrogen) atoms. The molecule has 1 radical (unpaired) electrons. The number of fused-ring (bicyclic) bond motifs is 2.